The second-order valence-electron chi connectivity index (χ2n) is 2.03. The lowest BCUT2D eigenvalue weighted by molar-refractivity contribution is 1.22. The van der Waals surface area contributed by atoms with Crippen LogP contribution in [0.15, 0.2) is 48.6 Å². The first-order valence-corrected chi connectivity index (χ1v) is 3.86. The van der Waals surface area contributed by atoms with Gasteiger partial charge in [0.2, 0.25) is 0 Å². The molecule has 59 valence electrons. The lowest BCUT2D eigenvalue weighted by Crippen LogP contribution is -1.52. The quantitative estimate of drug-likeness (QED) is 0.534. The first-order valence-electron chi connectivity index (χ1n) is 3.86. The van der Waals surface area contributed by atoms with E-state index in [1.807, 2.05) is 36.5 Å². The lowest BCUT2D eigenvalue weighted by Gasteiger charge is -1.74. The van der Waals surface area contributed by atoms with Crippen LogP contribution in [0.5, 0.6) is 0 Å². The Kier molecular flexibility index (Phi) is 8.11. The number of hydrogen-bond acceptors (Lipinski definition) is 0. The molecule has 0 saturated carbocycles. The summed E-state index contributed by atoms with van der Waals surface area (Å²) < 4.78 is 0. The molecule has 0 unspecified atom stereocenters. The van der Waals surface area contributed by atoms with Gasteiger partial charge in [-0.25, -0.2) is 0 Å². The van der Waals surface area contributed by atoms with E-state index < -0.39 is 0 Å². The minimum absolute atomic E-state index is 1.09. The molecule has 0 heterocycles. The van der Waals surface area contributed by atoms with Gasteiger partial charge < -0.3 is 0 Å². The van der Waals surface area contributed by atoms with Crippen molar-refractivity contribution in [2.24, 2.45) is 0 Å². The average molecular weight is 147 g/mol. The molecular weight excluding hydrogens is 132 g/mol. The zero-order valence-electron chi connectivity index (χ0n) is 7.03. The van der Waals surface area contributed by atoms with Crippen LogP contribution < -0.4 is 0 Å². The SMILES string of the molecule is [CH2]C=CC=CC=CC=CCC. The maximum absolute atomic E-state index is 3.56. The Bertz CT molecular complexity index is 168. The van der Waals surface area contributed by atoms with Gasteiger partial charge in [0.25, 0.3) is 0 Å². The van der Waals surface area contributed by atoms with E-state index >= 15 is 0 Å². The molecule has 0 spiro atoms. The highest BCUT2D eigenvalue weighted by Crippen LogP contribution is 1.83. The Morgan fingerprint density at radius 2 is 1.45 bits per heavy atom. The predicted octanol–water partition coefficient (Wildman–Crippen LogP) is 3.46. The van der Waals surface area contributed by atoms with Gasteiger partial charge in [0.15, 0.2) is 0 Å². The zero-order valence-corrected chi connectivity index (χ0v) is 7.03. The van der Waals surface area contributed by atoms with Gasteiger partial charge in [-0.05, 0) is 13.3 Å². The molecule has 0 heteroatoms. The molecule has 11 heavy (non-hydrogen) atoms. The summed E-state index contributed by atoms with van der Waals surface area (Å²) in [4.78, 5) is 0. The fraction of sp³-hybridized carbons (Fsp3) is 0.182. The summed E-state index contributed by atoms with van der Waals surface area (Å²) in [6, 6.07) is 0. The third kappa shape index (κ3) is 8.96. The second kappa shape index (κ2) is 8.96. The van der Waals surface area contributed by atoms with Crippen molar-refractivity contribution in [2.45, 2.75) is 13.3 Å². The molecule has 0 atom stereocenters. The van der Waals surface area contributed by atoms with Gasteiger partial charge in [0.05, 0.1) is 0 Å². The Balaban J connectivity index is 3.51. The van der Waals surface area contributed by atoms with Crippen molar-refractivity contribution >= 4 is 0 Å². The summed E-state index contributed by atoms with van der Waals surface area (Å²) in [6.07, 6.45) is 16.8. The average Bonchev–Trinajstić information content (AvgIpc) is 2.03. The zero-order chi connectivity index (χ0) is 8.36. The number of allylic oxidation sites excluding steroid dienone is 8. The summed E-state index contributed by atoms with van der Waals surface area (Å²) in [5.41, 5.74) is 0. The molecule has 0 aromatic carbocycles. The Hall–Kier alpha value is -1.04. The lowest BCUT2D eigenvalue weighted by atomic mass is 10.3. The van der Waals surface area contributed by atoms with E-state index in [0.717, 1.165) is 6.42 Å². The first-order chi connectivity index (χ1) is 5.41. The minimum Gasteiger partial charge on any atom is -0.0848 e. The molecule has 0 N–H and O–H groups in total. The molecule has 0 rings (SSSR count). The van der Waals surface area contributed by atoms with Crippen LogP contribution in [-0.2, 0) is 0 Å². The van der Waals surface area contributed by atoms with Crippen molar-refractivity contribution in [3.63, 3.8) is 0 Å². The minimum atomic E-state index is 1.09. The number of rotatable bonds is 4. The Morgan fingerprint density at radius 3 is 2.00 bits per heavy atom. The van der Waals surface area contributed by atoms with E-state index in [-0.39, 0.29) is 0 Å². The van der Waals surface area contributed by atoms with E-state index in [2.05, 4.69) is 19.9 Å². The standard InChI is InChI=1S/C11H15/c1-3-5-7-9-11-10-8-6-4-2/h3,5-11H,1,4H2,2H3. The molecule has 0 aromatic rings. The van der Waals surface area contributed by atoms with Crippen molar-refractivity contribution in [1.29, 1.82) is 0 Å². The van der Waals surface area contributed by atoms with E-state index in [1.165, 1.54) is 0 Å². The Morgan fingerprint density at radius 1 is 0.909 bits per heavy atom. The smallest absolute Gasteiger partial charge is 0.0313 e. The molecule has 0 aliphatic heterocycles. The van der Waals surface area contributed by atoms with Gasteiger partial charge in [0.1, 0.15) is 0 Å². The van der Waals surface area contributed by atoms with Crippen molar-refractivity contribution in [2.75, 3.05) is 0 Å². The summed E-state index contributed by atoms with van der Waals surface area (Å²) in [7, 11) is 0. The molecule has 0 aliphatic rings. The first kappa shape index (κ1) is 9.96. The van der Waals surface area contributed by atoms with Gasteiger partial charge >= 0.3 is 0 Å². The predicted molar refractivity (Wildman–Crippen MR) is 52.2 cm³/mol. The van der Waals surface area contributed by atoms with Crippen LogP contribution in [0.3, 0.4) is 0 Å². The van der Waals surface area contributed by atoms with Gasteiger partial charge in [-0.3, -0.25) is 0 Å². The third-order valence-corrected chi connectivity index (χ3v) is 1.06. The van der Waals surface area contributed by atoms with E-state index in [4.69, 9.17) is 0 Å². The third-order valence-electron chi connectivity index (χ3n) is 1.06. The van der Waals surface area contributed by atoms with E-state index in [0.29, 0.717) is 0 Å². The fourth-order valence-corrected chi connectivity index (χ4v) is 0.550. The van der Waals surface area contributed by atoms with Crippen LogP contribution in [-0.4, -0.2) is 0 Å². The highest BCUT2D eigenvalue weighted by molar-refractivity contribution is 5.15. The van der Waals surface area contributed by atoms with Crippen LogP contribution in [0, 0.1) is 6.92 Å². The van der Waals surface area contributed by atoms with Crippen LogP contribution in [0.4, 0.5) is 0 Å². The van der Waals surface area contributed by atoms with Crippen molar-refractivity contribution in [3.8, 4) is 0 Å². The molecule has 0 fully saturated rings. The second-order valence-corrected chi connectivity index (χ2v) is 2.03. The molecule has 1 radical (unpaired) electrons. The molecule has 0 nitrogen and oxygen atoms in total. The molecule has 0 saturated heterocycles. The molecular formula is C11H15. The highest BCUT2D eigenvalue weighted by atomic mass is 13.7. The van der Waals surface area contributed by atoms with Crippen molar-refractivity contribution in [1.82, 2.24) is 0 Å². The van der Waals surface area contributed by atoms with Crippen molar-refractivity contribution < 1.29 is 0 Å². The van der Waals surface area contributed by atoms with Crippen molar-refractivity contribution in [3.05, 3.63) is 55.5 Å². The van der Waals surface area contributed by atoms with Crippen LogP contribution >= 0.6 is 0 Å². The molecule has 0 amide bonds. The van der Waals surface area contributed by atoms with E-state index in [1.54, 1.807) is 6.08 Å². The number of hydrogen-bond donors (Lipinski definition) is 0. The molecule has 0 aromatic heterocycles. The van der Waals surface area contributed by atoms with Gasteiger partial charge in [-0.1, -0.05) is 55.5 Å². The normalized spacial score (nSPS) is 13.3. The summed E-state index contributed by atoms with van der Waals surface area (Å²) in [6.45, 7) is 5.68. The Labute approximate surface area is 69.6 Å². The summed E-state index contributed by atoms with van der Waals surface area (Å²) in [5.74, 6) is 0. The highest BCUT2D eigenvalue weighted by Gasteiger charge is 1.62. The van der Waals surface area contributed by atoms with Gasteiger partial charge in [-0.15, -0.1) is 0 Å². The van der Waals surface area contributed by atoms with Crippen LogP contribution in [0.1, 0.15) is 13.3 Å². The van der Waals surface area contributed by atoms with E-state index in [9.17, 15) is 0 Å². The molecule has 0 bridgehead atoms. The van der Waals surface area contributed by atoms with Gasteiger partial charge in [-0.2, -0.15) is 0 Å². The summed E-state index contributed by atoms with van der Waals surface area (Å²) in [5, 5.41) is 0. The molecule has 0 aliphatic carbocycles. The maximum Gasteiger partial charge on any atom is -0.0313 e. The fourth-order valence-electron chi connectivity index (χ4n) is 0.550. The van der Waals surface area contributed by atoms with Crippen LogP contribution in [0.25, 0.3) is 0 Å². The monoisotopic (exact) mass is 147 g/mol. The maximum atomic E-state index is 3.56. The topological polar surface area (TPSA) is 0 Å². The largest absolute Gasteiger partial charge is 0.0848 e. The van der Waals surface area contributed by atoms with Gasteiger partial charge in [0, 0.05) is 0 Å². The summed E-state index contributed by atoms with van der Waals surface area (Å²) >= 11 is 0. The van der Waals surface area contributed by atoms with Crippen LogP contribution in [0.2, 0.25) is 0 Å².